The number of carbonyl (C=O) groups excluding carboxylic acids is 2. The van der Waals surface area contributed by atoms with Gasteiger partial charge in [0.1, 0.15) is 0 Å². The molecule has 1 aromatic heterocycles. The van der Waals surface area contributed by atoms with E-state index >= 15 is 0 Å². The Kier molecular flexibility index (Phi) is 6.41. The topological polar surface area (TPSA) is 84.3 Å². The monoisotopic (exact) mass is 387 g/mol. The van der Waals surface area contributed by atoms with E-state index in [0.717, 1.165) is 5.69 Å². The molecule has 0 saturated carbocycles. The summed E-state index contributed by atoms with van der Waals surface area (Å²) in [7, 11) is 3.17. The molecule has 8 nitrogen and oxygen atoms in total. The highest BCUT2D eigenvalue weighted by Gasteiger charge is 2.25. The van der Waals surface area contributed by atoms with Crippen molar-refractivity contribution in [3.05, 3.63) is 42.4 Å². The molecule has 150 valence electrons. The predicted octanol–water partition coefficient (Wildman–Crippen LogP) is 2.08. The van der Waals surface area contributed by atoms with Gasteiger partial charge < -0.3 is 29.0 Å². The maximum Gasteiger partial charge on any atom is 0.289 e. The predicted molar refractivity (Wildman–Crippen MR) is 104 cm³/mol. The van der Waals surface area contributed by atoms with Crippen molar-refractivity contribution in [2.45, 2.75) is 6.42 Å². The minimum Gasteiger partial charge on any atom is -0.493 e. The number of furan rings is 1. The van der Waals surface area contributed by atoms with E-state index in [2.05, 4.69) is 5.32 Å². The molecule has 1 aliphatic rings. The second-order valence-corrected chi connectivity index (χ2v) is 6.40. The Balaban J connectivity index is 1.43. The van der Waals surface area contributed by atoms with Gasteiger partial charge in [0.15, 0.2) is 17.3 Å². The van der Waals surface area contributed by atoms with E-state index in [1.807, 2.05) is 18.2 Å². The fraction of sp³-hybridized carbons (Fsp3) is 0.400. The normalized spacial score (nSPS) is 13.9. The highest BCUT2D eigenvalue weighted by Crippen LogP contribution is 2.29. The van der Waals surface area contributed by atoms with Gasteiger partial charge in [0, 0.05) is 50.9 Å². The Morgan fingerprint density at radius 1 is 1.04 bits per heavy atom. The van der Waals surface area contributed by atoms with Crippen molar-refractivity contribution in [3.8, 4) is 11.5 Å². The summed E-state index contributed by atoms with van der Waals surface area (Å²) >= 11 is 0. The average Bonchev–Trinajstić information content (AvgIpc) is 3.28. The van der Waals surface area contributed by atoms with Crippen LogP contribution in [0.15, 0.2) is 41.0 Å². The number of nitrogens with one attached hydrogen (secondary N) is 1. The lowest BCUT2D eigenvalue weighted by molar-refractivity contribution is -0.132. The van der Waals surface area contributed by atoms with Gasteiger partial charge in [-0.3, -0.25) is 9.59 Å². The van der Waals surface area contributed by atoms with E-state index in [4.69, 9.17) is 13.9 Å². The van der Waals surface area contributed by atoms with Crippen LogP contribution in [0.25, 0.3) is 0 Å². The van der Waals surface area contributed by atoms with Gasteiger partial charge in [-0.2, -0.15) is 0 Å². The number of nitrogens with zero attached hydrogens (tertiary/aromatic N) is 2. The summed E-state index contributed by atoms with van der Waals surface area (Å²) in [4.78, 5) is 28.2. The van der Waals surface area contributed by atoms with E-state index in [-0.39, 0.29) is 11.8 Å². The molecule has 1 aliphatic heterocycles. The second-order valence-electron chi connectivity index (χ2n) is 6.40. The van der Waals surface area contributed by atoms with Crippen LogP contribution in [0.4, 0.5) is 5.69 Å². The lowest BCUT2D eigenvalue weighted by atomic mass is 10.2. The molecule has 1 saturated heterocycles. The van der Waals surface area contributed by atoms with Crippen LogP contribution in [0.3, 0.4) is 0 Å². The van der Waals surface area contributed by atoms with Crippen LogP contribution in [0.2, 0.25) is 0 Å². The fourth-order valence-electron chi connectivity index (χ4n) is 3.13. The van der Waals surface area contributed by atoms with Crippen molar-refractivity contribution in [2.75, 3.05) is 52.3 Å². The largest absolute Gasteiger partial charge is 0.493 e. The van der Waals surface area contributed by atoms with Crippen molar-refractivity contribution in [3.63, 3.8) is 0 Å². The van der Waals surface area contributed by atoms with Crippen LogP contribution in [0.5, 0.6) is 11.5 Å². The molecule has 0 radical (unpaired) electrons. The van der Waals surface area contributed by atoms with Crippen molar-refractivity contribution < 1.29 is 23.5 Å². The molecule has 0 bridgehead atoms. The van der Waals surface area contributed by atoms with Crippen LogP contribution < -0.4 is 14.8 Å². The Morgan fingerprint density at radius 3 is 2.39 bits per heavy atom. The first-order valence-electron chi connectivity index (χ1n) is 9.19. The van der Waals surface area contributed by atoms with Crippen LogP contribution in [0, 0.1) is 0 Å². The highest BCUT2D eigenvalue weighted by atomic mass is 16.5. The van der Waals surface area contributed by atoms with Crippen molar-refractivity contribution in [1.82, 2.24) is 9.80 Å². The summed E-state index contributed by atoms with van der Waals surface area (Å²) < 4.78 is 15.6. The summed E-state index contributed by atoms with van der Waals surface area (Å²) in [5.41, 5.74) is 0.860. The van der Waals surface area contributed by atoms with Gasteiger partial charge in [0.25, 0.3) is 5.91 Å². The molecule has 0 atom stereocenters. The number of rotatable bonds is 7. The lowest BCUT2D eigenvalue weighted by Crippen LogP contribution is -2.50. The Bertz CT molecular complexity index is 798. The maximum atomic E-state index is 12.4. The van der Waals surface area contributed by atoms with Gasteiger partial charge in [-0.05, 0) is 24.3 Å². The fourth-order valence-corrected chi connectivity index (χ4v) is 3.13. The van der Waals surface area contributed by atoms with E-state index in [1.54, 1.807) is 36.2 Å². The molecule has 3 rings (SSSR count). The molecule has 2 amide bonds. The number of benzene rings is 1. The van der Waals surface area contributed by atoms with Gasteiger partial charge in [0.05, 0.1) is 20.5 Å². The zero-order valence-corrected chi connectivity index (χ0v) is 16.1. The molecule has 0 unspecified atom stereocenters. The number of hydrogen-bond donors (Lipinski definition) is 1. The third-order valence-electron chi connectivity index (χ3n) is 4.70. The molecule has 1 N–H and O–H groups in total. The average molecular weight is 387 g/mol. The Hall–Kier alpha value is -3.16. The first kappa shape index (κ1) is 19.6. The summed E-state index contributed by atoms with van der Waals surface area (Å²) in [6.07, 6.45) is 1.86. The summed E-state index contributed by atoms with van der Waals surface area (Å²) in [6.45, 7) is 2.59. The SMILES string of the molecule is COc1ccc(NCCC(=O)N2CCN(C(=O)c3ccco3)CC2)cc1OC. The molecule has 2 aromatic rings. The van der Waals surface area contributed by atoms with Crippen LogP contribution in [0.1, 0.15) is 17.0 Å². The van der Waals surface area contributed by atoms with E-state index in [0.29, 0.717) is 56.4 Å². The zero-order valence-electron chi connectivity index (χ0n) is 16.1. The number of hydrogen-bond acceptors (Lipinski definition) is 6. The van der Waals surface area contributed by atoms with Gasteiger partial charge >= 0.3 is 0 Å². The number of anilines is 1. The van der Waals surface area contributed by atoms with Gasteiger partial charge in [0.2, 0.25) is 5.91 Å². The van der Waals surface area contributed by atoms with Crippen LogP contribution >= 0.6 is 0 Å². The van der Waals surface area contributed by atoms with E-state index in [9.17, 15) is 9.59 Å². The molecular weight excluding hydrogens is 362 g/mol. The summed E-state index contributed by atoms with van der Waals surface area (Å²) in [5.74, 6) is 1.56. The van der Waals surface area contributed by atoms with Gasteiger partial charge in [-0.25, -0.2) is 0 Å². The van der Waals surface area contributed by atoms with Crippen molar-refractivity contribution >= 4 is 17.5 Å². The number of piperazine rings is 1. The molecule has 0 spiro atoms. The standard InChI is InChI=1S/C20H25N3O5/c1-26-16-6-5-15(14-18(16)27-2)21-8-7-19(24)22-9-11-23(12-10-22)20(25)17-4-3-13-28-17/h3-6,13-14,21H,7-12H2,1-2H3. The van der Waals surface area contributed by atoms with Gasteiger partial charge in [-0.1, -0.05) is 0 Å². The number of ether oxygens (including phenoxy) is 2. The second kappa shape index (κ2) is 9.16. The summed E-state index contributed by atoms with van der Waals surface area (Å²) in [5, 5.41) is 3.23. The molecule has 1 fully saturated rings. The molecule has 0 aliphatic carbocycles. The molecule has 28 heavy (non-hydrogen) atoms. The number of carbonyl (C=O) groups is 2. The first-order chi connectivity index (χ1) is 13.6. The smallest absolute Gasteiger partial charge is 0.289 e. The Labute approximate surface area is 164 Å². The molecular formula is C20H25N3O5. The third-order valence-corrected chi connectivity index (χ3v) is 4.70. The van der Waals surface area contributed by atoms with Crippen LogP contribution in [-0.2, 0) is 4.79 Å². The van der Waals surface area contributed by atoms with E-state index < -0.39 is 0 Å². The maximum absolute atomic E-state index is 12.4. The van der Waals surface area contributed by atoms with E-state index in [1.165, 1.54) is 6.26 Å². The first-order valence-corrected chi connectivity index (χ1v) is 9.19. The molecule has 8 heteroatoms. The van der Waals surface area contributed by atoms with Crippen molar-refractivity contribution in [1.29, 1.82) is 0 Å². The number of amides is 2. The molecule has 2 heterocycles. The van der Waals surface area contributed by atoms with Gasteiger partial charge in [-0.15, -0.1) is 0 Å². The minimum absolute atomic E-state index is 0.0677. The van der Waals surface area contributed by atoms with Crippen LogP contribution in [-0.4, -0.2) is 68.6 Å². The zero-order chi connectivity index (χ0) is 19.9. The molecule has 1 aromatic carbocycles. The third kappa shape index (κ3) is 4.57. The highest BCUT2D eigenvalue weighted by molar-refractivity contribution is 5.91. The summed E-state index contributed by atoms with van der Waals surface area (Å²) in [6, 6.07) is 8.88. The lowest BCUT2D eigenvalue weighted by Gasteiger charge is -2.34. The number of methoxy groups -OCH3 is 2. The quantitative estimate of drug-likeness (QED) is 0.783. The van der Waals surface area contributed by atoms with Crippen molar-refractivity contribution in [2.24, 2.45) is 0 Å². The minimum atomic E-state index is -0.132. The Morgan fingerprint density at radius 2 is 1.75 bits per heavy atom.